The molecular weight excluding hydrogens is 859 g/mol. The zero-order chi connectivity index (χ0) is 46.8. The van der Waals surface area contributed by atoms with E-state index in [0.717, 1.165) is 89.2 Å². The number of fused-ring (bicyclic) bond motifs is 9. The van der Waals surface area contributed by atoms with Crippen molar-refractivity contribution in [3.05, 3.63) is 261 Å². The molecule has 2 heterocycles. The molecule has 0 aliphatic rings. The fourth-order valence-corrected chi connectivity index (χ4v) is 11.1. The molecule has 0 unspecified atom stereocenters. The van der Waals surface area contributed by atoms with Crippen molar-refractivity contribution in [3.63, 3.8) is 0 Å². The van der Waals surface area contributed by atoms with Crippen LogP contribution in [0.1, 0.15) is 0 Å². The second kappa shape index (κ2) is 16.7. The summed E-state index contributed by atoms with van der Waals surface area (Å²) in [4.78, 5) is 11.2. The van der Waals surface area contributed by atoms with Gasteiger partial charge in [0.2, 0.25) is 0 Å². The Morgan fingerprint density at radius 3 is 1.32 bits per heavy atom. The number of hydrogen-bond acceptors (Lipinski definition) is 2. The minimum Gasteiger partial charge on any atom is -0.292 e. The van der Waals surface area contributed by atoms with Crippen LogP contribution in [0, 0.1) is 0 Å². The summed E-state index contributed by atoms with van der Waals surface area (Å²) in [5.41, 5.74) is 13.9. The highest BCUT2D eigenvalue weighted by Crippen LogP contribution is 2.46. The highest BCUT2D eigenvalue weighted by atomic mass is 15.1. The van der Waals surface area contributed by atoms with E-state index in [-0.39, 0.29) is 0 Å². The van der Waals surface area contributed by atoms with Gasteiger partial charge in [0, 0.05) is 38.7 Å². The van der Waals surface area contributed by atoms with E-state index in [9.17, 15) is 0 Å². The molecule has 330 valence electrons. The van der Waals surface area contributed by atoms with E-state index >= 15 is 0 Å². The number of nitrogens with zero attached hydrogens (tertiary/aromatic N) is 3. The van der Waals surface area contributed by atoms with Gasteiger partial charge in [0.1, 0.15) is 5.82 Å². The van der Waals surface area contributed by atoms with Gasteiger partial charge in [-0.3, -0.25) is 4.57 Å². The summed E-state index contributed by atoms with van der Waals surface area (Å²) in [6, 6.07) is 94.2. The van der Waals surface area contributed by atoms with Crippen molar-refractivity contribution in [3.8, 4) is 73.1 Å². The van der Waals surface area contributed by atoms with Gasteiger partial charge in [-0.2, -0.15) is 0 Å². The summed E-state index contributed by atoms with van der Waals surface area (Å²) in [6.45, 7) is 0. The molecule has 0 aliphatic heterocycles. The maximum absolute atomic E-state index is 5.74. The van der Waals surface area contributed by atoms with Crippen LogP contribution in [0.15, 0.2) is 261 Å². The van der Waals surface area contributed by atoms with Gasteiger partial charge in [-0.15, -0.1) is 0 Å². The van der Waals surface area contributed by atoms with E-state index in [1.807, 2.05) is 0 Å². The predicted octanol–water partition coefficient (Wildman–Crippen LogP) is 18.2. The van der Waals surface area contributed by atoms with Gasteiger partial charge in [0.15, 0.2) is 0 Å². The number of imidazole rings is 1. The Balaban J connectivity index is 1.03. The topological polar surface area (TPSA) is 30.7 Å². The minimum atomic E-state index is 0.889. The monoisotopic (exact) mass is 901 g/mol. The van der Waals surface area contributed by atoms with Gasteiger partial charge in [-0.1, -0.05) is 224 Å². The summed E-state index contributed by atoms with van der Waals surface area (Å²) < 4.78 is 2.33. The third-order valence-corrected chi connectivity index (χ3v) is 14.4. The Bertz CT molecular complexity index is 4370. The molecule has 71 heavy (non-hydrogen) atoms. The van der Waals surface area contributed by atoms with Crippen LogP contribution in [0.25, 0.3) is 138 Å². The smallest absolute Gasteiger partial charge is 0.145 e. The van der Waals surface area contributed by atoms with Gasteiger partial charge in [-0.05, 0) is 107 Å². The average Bonchev–Trinajstić information content (AvgIpc) is 3.86. The molecule has 0 N–H and O–H groups in total. The van der Waals surface area contributed by atoms with Crippen LogP contribution < -0.4 is 0 Å². The third-order valence-electron chi connectivity index (χ3n) is 14.4. The van der Waals surface area contributed by atoms with Crippen LogP contribution in [-0.4, -0.2) is 14.5 Å². The summed E-state index contributed by atoms with van der Waals surface area (Å²) in [5, 5.41) is 13.1. The lowest BCUT2D eigenvalue weighted by Crippen LogP contribution is -2.00. The Hall–Kier alpha value is -9.44. The van der Waals surface area contributed by atoms with E-state index < -0.39 is 0 Å². The third kappa shape index (κ3) is 6.74. The molecule has 0 saturated carbocycles. The summed E-state index contributed by atoms with van der Waals surface area (Å²) in [5.74, 6) is 0.889. The van der Waals surface area contributed by atoms with Gasteiger partial charge in [-0.25, -0.2) is 9.97 Å². The fraction of sp³-hybridized carbons (Fsp3) is 0. The van der Waals surface area contributed by atoms with Crippen LogP contribution in [0.2, 0.25) is 0 Å². The quantitative estimate of drug-likeness (QED) is 0.149. The van der Waals surface area contributed by atoms with E-state index in [0.29, 0.717) is 0 Å². The fourth-order valence-electron chi connectivity index (χ4n) is 11.1. The van der Waals surface area contributed by atoms with Crippen molar-refractivity contribution in [2.24, 2.45) is 0 Å². The first kappa shape index (κ1) is 40.6. The van der Waals surface area contributed by atoms with Crippen LogP contribution in [-0.2, 0) is 0 Å². The lowest BCUT2D eigenvalue weighted by Gasteiger charge is -2.19. The van der Waals surface area contributed by atoms with Crippen LogP contribution in [0.5, 0.6) is 0 Å². The number of aromatic nitrogens is 3. The molecule has 0 fully saturated rings. The molecule has 0 atom stereocenters. The molecule has 0 amide bonds. The molecule has 3 nitrogen and oxygen atoms in total. The zero-order valence-electron chi connectivity index (χ0n) is 38.7. The van der Waals surface area contributed by atoms with Crippen molar-refractivity contribution in [1.82, 2.24) is 14.5 Å². The summed E-state index contributed by atoms with van der Waals surface area (Å²) in [6.07, 6.45) is 0. The first-order valence-corrected chi connectivity index (χ1v) is 24.3. The molecule has 0 bridgehead atoms. The molecule has 0 radical (unpaired) electrons. The lowest BCUT2D eigenvalue weighted by atomic mass is 9.87. The van der Waals surface area contributed by atoms with Crippen molar-refractivity contribution in [2.45, 2.75) is 0 Å². The second-order valence-electron chi connectivity index (χ2n) is 18.4. The normalized spacial score (nSPS) is 11.7. The van der Waals surface area contributed by atoms with Crippen molar-refractivity contribution in [2.75, 3.05) is 0 Å². The number of benzene rings is 12. The van der Waals surface area contributed by atoms with Gasteiger partial charge in [0.25, 0.3) is 0 Å². The molecule has 14 aromatic rings. The van der Waals surface area contributed by atoms with Crippen LogP contribution in [0.3, 0.4) is 0 Å². The molecule has 3 heteroatoms. The Kier molecular flexibility index (Phi) is 9.53. The number of hydrogen-bond donors (Lipinski definition) is 0. The van der Waals surface area contributed by atoms with Crippen molar-refractivity contribution in [1.29, 1.82) is 0 Å². The van der Waals surface area contributed by atoms with Gasteiger partial charge in [0.05, 0.1) is 22.6 Å². The summed E-state index contributed by atoms with van der Waals surface area (Å²) in [7, 11) is 0. The first-order chi connectivity index (χ1) is 35.2. The van der Waals surface area contributed by atoms with Gasteiger partial charge < -0.3 is 0 Å². The van der Waals surface area contributed by atoms with E-state index in [1.165, 1.54) is 48.7 Å². The highest BCUT2D eigenvalue weighted by molar-refractivity contribution is 6.21. The second-order valence-corrected chi connectivity index (χ2v) is 18.4. The van der Waals surface area contributed by atoms with Crippen molar-refractivity contribution < 1.29 is 0 Å². The van der Waals surface area contributed by atoms with E-state index in [1.54, 1.807) is 0 Å². The van der Waals surface area contributed by atoms with E-state index in [4.69, 9.17) is 9.97 Å². The van der Waals surface area contributed by atoms with Crippen molar-refractivity contribution >= 4 is 64.8 Å². The largest absolute Gasteiger partial charge is 0.292 e. The minimum absolute atomic E-state index is 0.889. The molecule has 2 aromatic heterocycles. The maximum atomic E-state index is 5.74. The maximum Gasteiger partial charge on any atom is 0.145 e. The Morgan fingerprint density at radius 1 is 0.268 bits per heavy atom. The zero-order valence-corrected chi connectivity index (χ0v) is 38.7. The highest BCUT2D eigenvalue weighted by Gasteiger charge is 2.24. The Labute approximate surface area is 411 Å². The lowest BCUT2D eigenvalue weighted by molar-refractivity contribution is 1.07. The first-order valence-electron chi connectivity index (χ1n) is 24.3. The molecule has 0 spiro atoms. The van der Waals surface area contributed by atoms with Gasteiger partial charge >= 0.3 is 0 Å². The van der Waals surface area contributed by atoms with Crippen LogP contribution >= 0.6 is 0 Å². The summed E-state index contributed by atoms with van der Waals surface area (Å²) >= 11 is 0. The van der Waals surface area contributed by atoms with E-state index in [2.05, 4.69) is 265 Å². The number of pyridine rings is 1. The standard InChI is InChI=1S/C68H43N3/c1-4-20-45(21-5-1)65-67(46-22-6-2-7-23-46)71(68(70-65)47-24-8-3-9-25-47)50-38-36-44(37-39-50)59-42-63-61(60-40-48-26-10-12-28-51(48)53-30-14-16-32-55(53)60)43-64(69-66(63)58-35-19-18-34-57(58)59)62-41-49-27-11-13-29-52(49)54-31-15-17-33-56(54)62/h1-43H. The molecule has 14 rings (SSSR count). The SMILES string of the molecule is c1ccc(-c2nc(-c3ccccc3)n(-c3ccc(-c4cc5c(-c6cc7ccccc7c7ccccc67)cc(-c6cc7ccccc7c7ccccc67)nc5c5ccccc45)cc3)c2-c2ccccc2)cc1. The Morgan fingerprint density at radius 2 is 0.718 bits per heavy atom. The molecule has 0 saturated heterocycles. The average molecular weight is 902 g/mol. The van der Waals surface area contributed by atoms with Crippen LogP contribution in [0.4, 0.5) is 0 Å². The molecular formula is C68H43N3. The predicted molar refractivity (Wildman–Crippen MR) is 299 cm³/mol. The number of rotatable bonds is 7. The molecule has 0 aliphatic carbocycles. The molecule has 12 aromatic carbocycles.